The molecule has 86 valence electrons. The highest BCUT2D eigenvalue weighted by Crippen LogP contribution is 2.40. The van der Waals surface area contributed by atoms with Gasteiger partial charge in [0, 0.05) is 0 Å². The highest BCUT2D eigenvalue weighted by atomic mass is 79.9. The fourth-order valence-electron chi connectivity index (χ4n) is 1.63. The summed E-state index contributed by atoms with van der Waals surface area (Å²) in [6.07, 6.45) is 0.784. The van der Waals surface area contributed by atoms with Crippen LogP contribution in [0.2, 0.25) is 0 Å². The van der Waals surface area contributed by atoms with E-state index in [9.17, 15) is 0 Å². The van der Waals surface area contributed by atoms with E-state index in [0.29, 0.717) is 19.8 Å². The Balaban J connectivity index is 2.35. The standard InChI is InChI=1S/C12H14BrNO2/c1-8(2-3-14)9-6-10(13)12-11(7-9)15-4-5-16-12/h6-7H,1-5,14H2. The smallest absolute Gasteiger partial charge is 0.175 e. The van der Waals surface area contributed by atoms with Crippen molar-refractivity contribution in [3.05, 3.63) is 28.7 Å². The first-order valence-electron chi connectivity index (χ1n) is 5.19. The van der Waals surface area contributed by atoms with Gasteiger partial charge in [0.1, 0.15) is 13.2 Å². The average Bonchev–Trinajstić information content (AvgIpc) is 2.29. The highest BCUT2D eigenvalue weighted by Gasteiger charge is 2.16. The maximum absolute atomic E-state index is 5.55. The molecular formula is C12H14BrNO2. The van der Waals surface area contributed by atoms with Crippen molar-refractivity contribution in [2.75, 3.05) is 19.8 Å². The summed E-state index contributed by atoms with van der Waals surface area (Å²) in [5.41, 5.74) is 7.57. The van der Waals surface area contributed by atoms with E-state index in [4.69, 9.17) is 15.2 Å². The van der Waals surface area contributed by atoms with E-state index in [0.717, 1.165) is 33.5 Å². The quantitative estimate of drug-likeness (QED) is 0.927. The Labute approximate surface area is 103 Å². The maximum Gasteiger partial charge on any atom is 0.175 e. The van der Waals surface area contributed by atoms with Crippen LogP contribution in [0, 0.1) is 0 Å². The lowest BCUT2D eigenvalue weighted by Gasteiger charge is -2.20. The summed E-state index contributed by atoms with van der Waals surface area (Å²) in [5, 5.41) is 0. The minimum absolute atomic E-state index is 0.590. The third-order valence-electron chi connectivity index (χ3n) is 2.45. The minimum Gasteiger partial charge on any atom is -0.486 e. The summed E-state index contributed by atoms with van der Waals surface area (Å²) < 4.78 is 12.0. The first-order valence-corrected chi connectivity index (χ1v) is 5.99. The Morgan fingerprint density at radius 2 is 2.12 bits per heavy atom. The Morgan fingerprint density at radius 3 is 2.88 bits per heavy atom. The van der Waals surface area contributed by atoms with Crippen molar-refractivity contribution in [2.24, 2.45) is 5.73 Å². The van der Waals surface area contributed by atoms with Crippen LogP contribution in [0.1, 0.15) is 12.0 Å². The summed E-state index contributed by atoms with van der Waals surface area (Å²) in [6.45, 7) is 5.79. The number of fused-ring (bicyclic) bond motifs is 1. The molecule has 0 fully saturated rings. The zero-order valence-electron chi connectivity index (χ0n) is 8.96. The monoisotopic (exact) mass is 283 g/mol. The Bertz CT molecular complexity index is 418. The second kappa shape index (κ2) is 4.89. The summed E-state index contributed by atoms with van der Waals surface area (Å²) >= 11 is 3.47. The van der Waals surface area contributed by atoms with E-state index in [1.165, 1.54) is 0 Å². The molecule has 0 amide bonds. The molecule has 0 aliphatic carbocycles. The van der Waals surface area contributed by atoms with Crippen LogP contribution in [0.4, 0.5) is 0 Å². The number of ether oxygens (including phenoxy) is 2. The molecule has 2 N–H and O–H groups in total. The molecule has 2 rings (SSSR count). The molecular weight excluding hydrogens is 270 g/mol. The Hall–Kier alpha value is -1.00. The van der Waals surface area contributed by atoms with Gasteiger partial charge in [-0.05, 0) is 52.2 Å². The molecule has 0 spiro atoms. The predicted molar refractivity (Wildman–Crippen MR) is 67.8 cm³/mol. The van der Waals surface area contributed by atoms with Gasteiger partial charge in [-0.2, -0.15) is 0 Å². The molecule has 0 saturated heterocycles. The summed E-state index contributed by atoms with van der Waals surface area (Å²) in [7, 11) is 0. The lowest BCUT2D eigenvalue weighted by molar-refractivity contribution is 0.170. The van der Waals surface area contributed by atoms with Crippen molar-refractivity contribution in [2.45, 2.75) is 6.42 Å². The van der Waals surface area contributed by atoms with Crippen molar-refractivity contribution in [1.82, 2.24) is 0 Å². The van der Waals surface area contributed by atoms with E-state index >= 15 is 0 Å². The van der Waals surface area contributed by atoms with E-state index in [1.54, 1.807) is 0 Å². The molecule has 3 nitrogen and oxygen atoms in total. The average molecular weight is 284 g/mol. The lowest BCUT2D eigenvalue weighted by Crippen LogP contribution is -2.15. The second-order valence-corrected chi connectivity index (χ2v) is 4.48. The molecule has 0 radical (unpaired) electrons. The van der Waals surface area contributed by atoms with Gasteiger partial charge in [0.2, 0.25) is 0 Å². The van der Waals surface area contributed by atoms with Crippen molar-refractivity contribution in [3.8, 4) is 11.5 Å². The molecule has 4 heteroatoms. The topological polar surface area (TPSA) is 44.5 Å². The molecule has 0 bridgehead atoms. The normalized spacial score (nSPS) is 13.6. The van der Waals surface area contributed by atoms with Gasteiger partial charge in [0.15, 0.2) is 11.5 Å². The predicted octanol–water partition coefficient (Wildman–Crippen LogP) is 2.58. The molecule has 1 aliphatic heterocycles. The van der Waals surface area contributed by atoms with Gasteiger partial charge >= 0.3 is 0 Å². The number of nitrogens with two attached hydrogens (primary N) is 1. The molecule has 0 atom stereocenters. The van der Waals surface area contributed by atoms with Crippen LogP contribution in [0.25, 0.3) is 5.57 Å². The zero-order chi connectivity index (χ0) is 11.5. The minimum atomic E-state index is 0.590. The van der Waals surface area contributed by atoms with Crippen LogP contribution in [-0.4, -0.2) is 19.8 Å². The van der Waals surface area contributed by atoms with E-state index in [1.807, 2.05) is 12.1 Å². The van der Waals surface area contributed by atoms with Gasteiger partial charge in [-0.3, -0.25) is 0 Å². The fraction of sp³-hybridized carbons (Fsp3) is 0.333. The molecule has 0 saturated carbocycles. The van der Waals surface area contributed by atoms with Gasteiger partial charge in [-0.15, -0.1) is 0 Å². The number of hydrogen-bond donors (Lipinski definition) is 1. The molecule has 1 aromatic carbocycles. The second-order valence-electron chi connectivity index (χ2n) is 3.62. The molecule has 0 aromatic heterocycles. The summed E-state index contributed by atoms with van der Waals surface area (Å²) in [4.78, 5) is 0. The van der Waals surface area contributed by atoms with Crippen molar-refractivity contribution >= 4 is 21.5 Å². The Kier molecular flexibility index (Phi) is 3.51. The van der Waals surface area contributed by atoms with Crippen LogP contribution in [0.5, 0.6) is 11.5 Å². The lowest BCUT2D eigenvalue weighted by atomic mass is 10.0. The summed E-state index contributed by atoms with van der Waals surface area (Å²) in [5.74, 6) is 1.55. The molecule has 16 heavy (non-hydrogen) atoms. The van der Waals surface area contributed by atoms with Gasteiger partial charge in [-0.25, -0.2) is 0 Å². The van der Waals surface area contributed by atoms with Gasteiger partial charge < -0.3 is 15.2 Å². The Morgan fingerprint density at radius 1 is 1.38 bits per heavy atom. The third-order valence-corrected chi connectivity index (χ3v) is 3.04. The van der Waals surface area contributed by atoms with E-state index in [-0.39, 0.29) is 0 Å². The SMILES string of the molecule is C=C(CCN)c1cc(Br)c2c(c1)OCCO2. The zero-order valence-corrected chi connectivity index (χ0v) is 10.5. The maximum atomic E-state index is 5.55. The van der Waals surface area contributed by atoms with Gasteiger partial charge in [-0.1, -0.05) is 6.58 Å². The number of halogens is 1. The highest BCUT2D eigenvalue weighted by molar-refractivity contribution is 9.10. The van der Waals surface area contributed by atoms with Gasteiger partial charge in [0.05, 0.1) is 4.47 Å². The van der Waals surface area contributed by atoms with Crippen LogP contribution in [-0.2, 0) is 0 Å². The van der Waals surface area contributed by atoms with Crippen LogP contribution in [0.3, 0.4) is 0 Å². The van der Waals surface area contributed by atoms with Crippen LogP contribution >= 0.6 is 15.9 Å². The van der Waals surface area contributed by atoms with Crippen molar-refractivity contribution in [3.63, 3.8) is 0 Å². The first-order chi connectivity index (χ1) is 7.72. The number of hydrogen-bond acceptors (Lipinski definition) is 3. The third kappa shape index (κ3) is 2.23. The summed E-state index contributed by atoms with van der Waals surface area (Å²) in [6, 6.07) is 3.95. The van der Waals surface area contributed by atoms with Crippen LogP contribution in [0.15, 0.2) is 23.2 Å². The van der Waals surface area contributed by atoms with Crippen molar-refractivity contribution < 1.29 is 9.47 Å². The van der Waals surface area contributed by atoms with Gasteiger partial charge in [0.25, 0.3) is 0 Å². The first kappa shape index (κ1) is 11.5. The molecule has 1 aliphatic rings. The molecule has 1 aromatic rings. The van der Waals surface area contributed by atoms with E-state index in [2.05, 4.69) is 22.5 Å². The largest absolute Gasteiger partial charge is 0.486 e. The number of benzene rings is 1. The van der Waals surface area contributed by atoms with Crippen molar-refractivity contribution in [1.29, 1.82) is 0 Å². The fourth-order valence-corrected chi connectivity index (χ4v) is 2.19. The number of rotatable bonds is 3. The molecule has 1 heterocycles. The van der Waals surface area contributed by atoms with Crippen LogP contribution < -0.4 is 15.2 Å². The van der Waals surface area contributed by atoms with E-state index < -0.39 is 0 Å². The molecule has 0 unspecified atom stereocenters.